The molecule has 0 spiro atoms. The highest BCUT2D eigenvalue weighted by Crippen LogP contribution is 2.38. The van der Waals surface area contributed by atoms with Crippen LogP contribution in [-0.2, 0) is 0 Å². The van der Waals surface area contributed by atoms with E-state index in [2.05, 4.69) is 10.3 Å². The molecule has 1 unspecified atom stereocenters. The summed E-state index contributed by atoms with van der Waals surface area (Å²) in [5.74, 6) is -0.0877. The average Bonchev–Trinajstić information content (AvgIpc) is 3.12. The molecule has 0 saturated heterocycles. The molecular formula is C24H22N2O5S. The van der Waals surface area contributed by atoms with Gasteiger partial charge in [-0.2, -0.15) is 0 Å². The number of carboxylic acid groups (broad SMARTS) is 1. The summed E-state index contributed by atoms with van der Waals surface area (Å²) in [6, 6.07) is 9.95. The van der Waals surface area contributed by atoms with Crippen LogP contribution in [-0.4, -0.2) is 23.2 Å². The van der Waals surface area contributed by atoms with Crippen LogP contribution in [0.5, 0.6) is 5.88 Å². The Morgan fingerprint density at radius 2 is 1.97 bits per heavy atom. The number of hydrogen-bond donors (Lipinski definition) is 2. The predicted octanol–water partition coefficient (Wildman–Crippen LogP) is 5.41. The zero-order valence-electron chi connectivity index (χ0n) is 18.1. The van der Waals surface area contributed by atoms with Crippen LogP contribution in [0.3, 0.4) is 0 Å². The SMILES string of the molecule is COc1ccc(-c2oc3c(C(C)Nc4ccccc4C(=O)O)c(C)sc3c(=O)c2C)cn1. The molecule has 1 aromatic carbocycles. The van der Waals surface area contributed by atoms with E-state index in [-0.39, 0.29) is 17.0 Å². The number of carboxylic acids is 1. The van der Waals surface area contributed by atoms with Gasteiger partial charge in [0.25, 0.3) is 0 Å². The normalized spacial score (nSPS) is 12.0. The molecule has 7 nitrogen and oxygen atoms in total. The van der Waals surface area contributed by atoms with Gasteiger partial charge in [0.05, 0.1) is 18.7 Å². The van der Waals surface area contributed by atoms with Crippen LogP contribution in [0, 0.1) is 13.8 Å². The smallest absolute Gasteiger partial charge is 0.337 e. The number of benzene rings is 1. The summed E-state index contributed by atoms with van der Waals surface area (Å²) >= 11 is 1.38. The minimum absolute atomic E-state index is 0.0884. The highest BCUT2D eigenvalue weighted by atomic mass is 32.1. The van der Waals surface area contributed by atoms with Crippen molar-refractivity contribution in [2.24, 2.45) is 0 Å². The molecule has 0 bridgehead atoms. The van der Waals surface area contributed by atoms with Crippen molar-refractivity contribution in [1.82, 2.24) is 4.98 Å². The maximum absolute atomic E-state index is 13.1. The zero-order chi connectivity index (χ0) is 23.0. The van der Waals surface area contributed by atoms with Crippen molar-refractivity contribution in [3.63, 3.8) is 0 Å². The molecule has 0 fully saturated rings. The van der Waals surface area contributed by atoms with E-state index in [0.717, 1.165) is 10.4 Å². The molecular weight excluding hydrogens is 428 g/mol. The molecule has 0 aliphatic rings. The third-order valence-corrected chi connectivity index (χ3v) is 6.45. The van der Waals surface area contributed by atoms with E-state index in [1.54, 1.807) is 49.5 Å². The first-order chi connectivity index (χ1) is 15.3. The highest BCUT2D eigenvalue weighted by molar-refractivity contribution is 7.19. The number of para-hydroxylation sites is 1. The molecule has 3 aromatic heterocycles. The van der Waals surface area contributed by atoms with E-state index < -0.39 is 5.97 Å². The largest absolute Gasteiger partial charge is 0.481 e. The Bertz CT molecular complexity index is 1370. The number of nitrogens with one attached hydrogen (secondary N) is 1. The lowest BCUT2D eigenvalue weighted by Gasteiger charge is -2.17. The second kappa shape index (κ2) is 8.47. The molecule has 3 heterocycles. The Morgan fingerprint density at radius 3 is 2.62 bits per heavy atom. The second-order valence-corrected chi connectivity index (χ2v) is 8.65. The minimum atomic E-state index is -1.01. The van der Waals surface area contributed by atoms with Gasteiger partial charge in [-0.3, -0.25) is 4.79 Å². The number of aryl methyl sites for hydroxylation is 1. The van der Waals surface area contributed by atoms with Crippen LogP contribution in [0.25, 0.3) is 21.6 Å². The van der Waals surface area contributed by atoms with Crippen molar-refractivity contribution in [3.8, 4) is 17.2 Å². The highest BCUT2D eigenvalue weighted by Gasteiger charge is 2.23. The molecule has 0 aliphatic carbocycles. The molecule has 0 aliphatic heterocycles. The summed E-state index contributed by atoms with van der Waals surface area (Å²) in [6.07, 6.45) is 1.61. The van der Waals surface area contributed by atoms with Gasteiger partial charge >= 0.3 is 5.97 Å². The fraction of sp³-hybridized carbons (Fsp3) is 0.208. The molecule has 164 valence electrons. The van der Waals surface area contributed by atoms with Crippen molar-refractivity contribution in [3.05, 3.63) is 74.4 Å². The Morgan fingerprint density at radius 1 is 1.22 bits per heavy atom. The van der Waals surface area contributed by atoms with Gasteiger partial charge in [-0.15, -0.1) is 11.3 Å². The molecule has 4 aromatic rings. The third kappa shape index (κ3) is 3.73. The number of rotatable bonds is 6. The van der Waals surface area contributed by atoms with Gasteiger partial charge in [-0.25, -0.2) is 9.78 Å². The van der Waals surface area contributed by atoms with Gasteiger partial charge in [-0.05, 0) is 39.0 Å². The Hall–Kier alpha value is -3.65. The number of carbonyl (C=O) groups is 1. The molecule has 0 radical (unpaired) electrons. The summed E-state index contributed by atoms with van der Waals surface area (Å²) in [5.41, 5.74) is 3.10. The lowest BCUT2D eigenvalue weighted by molar-refractivity contribution is 0.0698. The number of ether oxygens (including phenoxy) is 1. The quantitative estimate of drug-likeness (QED) is 0.405. The number of aromatic carboxylic acids is 1. The Balaban J connectivity index is 1.83. The molecule has 1 atom stereocenters. The van der Waals surface area contributed by atoms with Gasteiger partial charge in [-0.1, -0.05) is 12.1 Å². The Labute approximate surface area is 188 Å². The minimum Gasteiger partial charge on any atom is -0.481 e. The summed E-state index contributed by atoms with van der Waals surface area (Å²) in [5, 5.41) is 12.8. The molecule has 0 amide bonds. The Kier molecular flexibility index (Phi) is 5.71. The van der Waals surface area contributed by atoms with Crippen LogP contribution >= 0.6 is 11.3 Å². The van der Waals surface area contributed by atoms with E-state index in [9.17, 15) is 14.7 Å². The number of methoxy groups -OCH3 is 1. The van der Waals surface area contributed by atoms with Gasteiger partial charge in [0.15, 0.2) is 5.58 Å². The molecule has 4 rings (SSSR count). The molecule has 8 heteroatoms. The number of aromatic nitrogens is 1. The van der Waals surface area contributed by atoms with E-state index >= 15 is 0 Å². The lowest BCUT2D eigenvalue weighted by Crippen LogP contribution is -2.12. The summed E-state index contributed by atoms with van der Waals surface area (Å²) in [6.45, 7) is 5.59. The molecule has 32 heavy (non-hydrogen) atoms. The summed E-state index contributed by atoms with van der Waals surface area (Å²) < 4.78 is 12.0. The van der Waals surface area contributed by atoms with E-state index in [0.29, 0.717) is 38.7 Å². The first-order valence-electron chi connectivity index (χ1n) is 9.97. The first-order valence-corrected chi connectivity index (χ1v) is 10.8. The van der Waals surface area contributed by atoms with E-state index in [1.165, 1.54) is 18.4 Å². The standard InChI is InChI=1S/C24H22N2O5S/c1-12-20(27)23-22(31-21(12)15-9-10-18(30-4)25-11-15)19(14(3)32-23)13(2)26-17-8-6-5-7-16(17)24(28)29/h5-11,13,26H,1-4H3,(H,28,29). The monoisotopic (exact) mass is 450 g/mol. The fourth-order valence-electron chi connectivity index (χ4n) is 3.75. The van der Waals surface area contributed by atoms with Gasteiger partial charge in [0.1, 0.15) is 10.5 Å². The number of thiophene rings is 1. The maximum atomic E-state index is 13.1. The van der Waals surface area contributed by atoms with Crippen molar-refractivity contribution < 1.29 is 19.1 Å². The summed E-state index contributed by atoms with van der Waals surface area (Å²) in [4.78, 5) is 29.9. The zero-order valence-corrected chi connectivity index (χ0v) is 18.9. The van der Waals surface area contributed by atoms with Crippen LogP contribution in [0.1, 0.15) is 39.3 Å². The number of anilines is 1. The summed E-state index contributed by atoms with van der Waals surface area (Å²) in [7, 11) is 1.54. The lowest BCUT2D eigenvalue weighted by atomic mass is 10.1. The van der Waals surface area contributed by atoms with Crippen molar-refractivity contribution in [2.75, 3.05) is 12.4 Å². The second-order valence-electron chi connectivity index (χ2n) is 7.42. The van der Waals surface area contributed by atoms with Crippen LogP contribution in [0.2, 0.25) is 0 Å². The topological polar surface area (TPSA) is 102 Å². The van der Waals surface area contributed by atoms with Crippen LogP contribution < -0.4 is 15.5 Å². The number of fused-ring (bicyclic) bond motifs is 1. The van der Waals surface area contributed by atoms with Crippen molar-refractivity contribution in [1.29, 1.82) is 0 Å². The average molecular weight is 451 g/mol. The van der Waals surface area contributed by atoms with E-state index in [4.69, 9.17) is 9.15 Å². The van der Waals surface area contributed by atoms with E-state index in [1.807, 2.05) is 13.8 Å². The predicted molar refractivity (Wildman–Crippen MR) is 125 cm³/mol. The number of hydrogen-bond acceptors (Lipinski definition) is 7. The third-order valence-electron chi connectivity index (χ3n) is 5.35. The van der Waals surface area contributed by atoms with Crippen molar-refractivity contribution in [2.45, 2.75) is 26.8 Å². The van der Waals surface area contributed by atoms with Gasteiger partial charge in [0, 0.05) is 39.5 Å². The molecule has 0 saturated carbocycles. The van der Waals surface area contributed by atoms with Gasteiger partial charge in [0.2, 0.25) is 11.3 Å². The van der Waals surface area contributed by atoms with Crippen LogP contribution in [0.15, 0.2) is 51.8 Å². The van der Waals surface area contributed by atoms with Gasteiger partial charge < -0.3 is 19.6 Å². The number of nitrogens with zero attached hydrogens (tertiary/aromatic N) is 1. The fourth-order valence-corrected chi connectivity index (χ4v) is 4.93. The maximum Gasteiger partial charge on any atom is 0.337 e. The van der Waals surface area contributed by atoms with Crippen LogP contribution in [0.4, 0.5) is 5.69 Å². The first kappa shape index (κ1) is 21.6. The number of pyridine rings is 1. The van der Waals surface area contributed by atoms with Crippen molar-refractivity contribution >= 4 is 33.3 Å². The molecule has 2 N–H and O–H groups in total.